The largest absolute Gasteiger partial charge is 0.352 e. The minimum Gasteiger partial charge on any atom is -0.352 e. The lowest BCUT2D eigenvalue weighted by atomic mass is 10.1. The molecule has 1 heterocycles. The molecule has 3 aromatic rings. The number of carbonyl (C=O) groups is 3. The van der Waals surface area contributed by atoms with Gasteiger partial charge in [0.25, 0.3) is 11.8 Å². The van der Waals surface area contributed by atoms with Crippen LogP contribution in [-0.4, -0.2) is 24.3 Å². The van der Waals surface area contributed by atoms with Crippen molar-refractivity contribution in [2.75, 3.05) is 17.2 Å². The van der Waals surface area contributed by atoms with Crippen molar-refractivity contribution >= 4 is 63.6 Å². The lowest BCUT2D eigenvalue weighted by Gasteiger charge is -2.10. The average Bonchev–Trinajstić information content (AvgIpc) is 3.29. The molecule has 3 N–H and O–H groups in total. The van der Waals surface area contributed by atoms with Crippen LogP contribution in [0, 0.1) is 0 Å². The predicted octanol–water partition coefficient (Wildman–Crippen LogP) is 5.46. The average molecular weight is 476 g/mol. The summed E-state index contributed by atoms with van der Waals surface area (Å²) < 4.78 is 0. The Bertz CT molecular complexity index is 1070. The van der Waals surface area contributed by atoms with Crippen molar-refractivity contribution in [2.24, 2.45) is 0 Å². The lowest BCUT2D eigenvalue weighted by molar-refractivity contribution is -0.116. The van der Waals surface area contributed by atoms with Gasteiger partial charge in [-0.05, 0) is 60.3 Å². The van der Waals surface area contributed by atoms with E-state index in [1.165, 1.54) is 17.4 Å². The third kappa shape index (κ3) is 6.82. The molecule has 3 amide bonds. The Kier molecular flexibility index (Phi) is 8.06. The second-order valence-corrected chi connectivity index (χ2v) is 8.33. The Labute approximate surface area is 193 Å². The maximum atomic E-state index is 12.4. The first kappa shape index (κ1) is 22.8. The van der Waals surface area contributed by atoms with Crippen LogP contribution >= 0.6 is 34.5 Å². The van der Waals surface area contributed by atoms with Gasteiger partial charge >= 0.3 is 0 Å². The van der Waals surface area contributed by atoms with Gasteiger partial charge in [0.1, 0.15) is 0 Å². The van der Waals surface area contributed by atoms with Gasteiger partial charge in [0, 0.05) is 29.2 Å². The summed E-state index contributed by atoms with van der Waals surface area (Å²) in [6, 6.07) is 15.0. The van der Waals surface area contributed by atoms with Gasteiger partial charge in [-0.2, -0.15) is 0 Å². The van der Waals surface area contributed by atoms with Gasteiger partial charge in [-0.1, -0.05) is 29.3 Å². The van der Waals surface area contributed by atoms with E-state index < -0.39 is 0 Å². The summed E-state index contributed by atoms with van der Waals surface area (Å²) in [5.74, 6) is -0.760. The van der Waals surface area contributed by atoms with Gasteiger partial charge in [0.2, 0.25) is 5.91 Å². The van der Waals surface area contributed by atoms with E-state index in [1.807, 2.05) is 0 Å². The van der Waals surface area contributed by atoms with Crippen molar-refractivity contribution in [3.63, 3.8) is 0 Å². The fourth-order valence-electron chi connectivity index (χ4n) is 2.66. The van der Waals surface area contributed by atoms with Gasteiger partial charge in [0.15, 0.2) is 0 Å². The highest BCUT2D eigenvalue weighted by atomic mass is 35.5. The smallest absolute Gasteiger partial charge is 0.265 e. The molecule has 9 heteroatoms. The first-order valence-electron chi connectivity index (χ1n) is 9.40. The molecule has 0 saturated heterocycles. The standard InChI is InChI=1S/C22H19Cl2N3O3S/c23-15-6-8-16(9-7-15)26-20(28)4-1-11-25-21(29)14-5-10-17(24)18(13-14)27-22(30)19-3-2-12-31-19/h2-3,5-10,12-13H,1,4,11H2,(H,25,29)(H,26,28)(H,27,30). The third-order valence-electron chi connectivity index (χ3n) is 4.22. The fourth-order valence-corrected chi connectivity index (χ4v) is 3.57. The van der Waals surface area contributed by atoms with Gasteiger partial charge in [-0.3, -0.25) is 14.4 Å². The Morgan fingerprint density at radius 1 is 0.903 bits per heavy atom. The number of amides is 3. The van der Waals surface area contributed by atoms with Crippen molar-refractivity contribution in [3.8, 4) is 0 Å². The molecule has 0 aliphatic carbocycles. The third-order valence-corrected chi connectivity index (χ3v) is 5.67. The number of thiophene rings is 1. The topological polar surface area (TPSA) is 87.3 Å². The highest BCUT2D eigenvalue weighted by Gasteiger charge is 2.13. The summed E-state index contributed by atoms with van der Waals surface area (Å²) in [4.78, 5) is 37.2. The number of benzene rings is 2. The van der Waals surface area contributed by atoms with E-state index in [4.69, 9.17) is 23.2 Å². The van der Waals surface area contributed by atoms with Crippen molar-refractivity contribution in [1.29, 1.82) is 0 Å². The van der Waals surface area contributed by atoms with E-state index in [0.29, 0.717) is 44.8 Å². The van der Waals surface area contributed by atoms with Crippen molar-refractivity contribution in [2.45, 2.75) is 12.8 Å². The van der Waals surface area contributed by atoms with Gasteiger partial charge in [-0.25, -0.2) is 0 Å². The predicted molar refractivity (Wildman–Crippen MR) is 125 cm³/mol. The highest BCUT2D eigenvalue weighted by molar-refractivity contribution is 7.12. The number of carbonyl (C=O) groups excluding carboxylic acids is 3. The van der Waals surface area contributed by atoms with E-state index in [9.17, 15) is 14.4 Å². The second kappa shape index (κ2) is 10.9. The van der Waals surface area contributed by atoms with E-state index in [-0.39, 0.29) is 24.1 Å². The maximum absolute atomic E-state index is 12.4. The SMILES string of the molecule is O=C(CCCNC(=O)c1ccc(Cl)c(NC(=O)c2cccs2)c1)Nc1ccc(Cl)cc1. The van der Waals surface area contributed by atoms with Crippen LogP contribution in [0.5, 0.6) is 0 Å². The van der Waals surface area contributed by atoms with Crippen LogP contribution in [0.3, 0.4) is 0 Å². The summed E-state index contributed by atoms with van der Waals surface area (Å²) >= 11 is 13.3. The van der Waals surface area contributed by atoms with Crippen LogP contribution < -0.4 is 16.0 Å². The zero-order valence-electron chi connectivity index (χ0n) is 16.3. The van der Waals surface area contributed by atoms with E-state index in [2.05, 4.69) is 16.0 Å². The Morgan fingerprint density at radius 2 is 1.68 bits per heavy atom. The normalized spacial score (nSPS) is 10.4. The van der Waals surface area contributed by atoms with Crippen LogP contribution in [-0.2, 0) is 4.79 Å². The van der Waals surface area contributed by atoms with E-state index in [0.717, 1.165) is 0 Å². The molecule has 0 aliphatic rings. The Balaban J connectivity index is 1.47. The van der Waals surface area contributed by atoms with Crippen molar-refractivity contribution in [3.05, 3.63) is 80.5 Å². The molecule has 0 fully saturated rings. The number of halogens is 2. The second-order valence-electron chi connectivity index (χ2n) is 6.54. The number of hydrogen-bond donors (Lipinski definition) is 3. The van der Waals surface area contributed by atoms with Crippen LogP contribution in [0.1, 0.15) is 32.9 Å². The molecule has 1 aromatic heterocycles. The first-order chi connectivity index (χ1) is 14.9. The zero-order valence-corrected chi connectivity index (χ0v) is 18.6. The molecule has 160 valence electrons. The molecule has 0 spiro atoms. The molecule has 0 unspecified atom stereocenters. The number of anilines is 2. The summed E-state index contributed by atoms with van der Waals surface area (Å²) in [6.45, 7) is 0.326. The summed E-state index contributed by atoms with van der Waals surface area (Å²) in [5, 5.41) is 11.0. The Hall–Kier alpha value is -2.87. The molecule has 0 radical (unpaired) electrons. The van der Waals surface area contributed by atoms with Crippen molar-refractivity contribution in [1.82, 2.24) is 5.32 Å². The summed E-state index contributed by atoms with van der Waals surface area (Å²) in [6.07, 6.45) is 0.729. The van der Waals surface area contributed by atoms with Gasteiger partial charge < -0.3 is 16.0 Å². The highest BCUT2D eigenvalue weighted by Crippen LogP contribution is 2.24. The Morgan fingerprint density at radius 3 is 2.39 bits per heavy atom. The molecular formula is C22H19Cl2N3O3S. The molecule has 31 heavy (non-hydrogen) atoms. The molecule has 0 aliphatic heterocycles. The lowest BCUT2D eigenvalue weighted by Crippen LogP contribution is -2.25. The molecule has 2 aromatic carbocycles. The number of hydrogen-bond acceptors (Lipinski definition) is 4. The summed E-state index contributed by atoms with van der Waals surface area (Å²) in [7, 11) is 0. The van der Waals surface area contributed by atoms with Crippen LogP contribution in [0.25, 0.3) is 0 Å². The first-order valence-corrected chi connectivity index (χ1v) is 11.0. The molecule has 6 nitrogen and oxygen atoms in total. The van der Waals surface area contributed by atoms with Gasteiger partial charge in [-0.15, -0.1) is 11.3 Å². The minimum absolute atomic E-state index is 0.151. The number of nitrogens with one attached hydrogen (secondary N) is 3. The quantitative estimate of drug-likeness (QED) is 0.378. The van der Waals surface area contributed by atoms with Crippen molar-refractivity contribution < 1.29 is 14.4 Å². The van der Waals surface area contributed by atoms with Crippen LogP contribution in [0.2, 0.25) is 10.0 Å². The fraction of sp³-hybridized carbons (Fsp3) is 0.136. The van der Waals surface area contributed by atoms with Crippen LogP contribution in [0.4, 0.5) is 11.4 Å². The van der Waals surface area contributed by atoms with Crippen LogP contribution in [0.15, 0.2) is 60.0 Å². The molecular weight excluding hydrogens is 457 g/mol. The molecule has 0 bridgehead atoms. The molecule has 0 atom stereocenters. The van der Waals surface area contributed by atoms with E-state index >= 15 is 0 Å². The van der Waals surface area contributed by atoms with Gasteiger partial charge in [0.05, 0.1) is 15.6 Å². The molecule has 0 saturated carbocycles. The molecule has 3 rings (SSSR count). The van der Waals surface area contributed by atoms with E-state index in [1.54, 1.807) is 53.9 Å². The monoisotopic (exact) mass is 475 g/mol. The number of rotatable bonds is 8. The minimum atomic E-state index is -0.318. The summed E-state index contributed by atoms with van der Waals surface area (Å²) in [5.41, 5.74) is 1.38. The zero-order chi connectivity index (χ0) is 22.2. The maximum Gasteiger partial charge on any atom is 0.265 e.